The highest BCUT2D eigenvalue weighted by Crippen LogP contribution is 2.21. The third-order valence-corrected chi connectivity index (χ3v) is 3.49. The fraction of sp³-hybridized carbons (Fsp3) is 0.833. The number of nitrogens with zero attached hydrogens (tertiary/aromatic N) is 3. The minimum atomic E-state index is -0.280. The minimum Gasteiger partial charge on any atom is -0.378 e. The van der Waals surface area contributed by atoms with Crippen molar-refractivity contribution in [3.8, 4) is 0 Å². The molecule has 0 aromatic carbocycles. The summed E-state index contributed by atoms with van der Waals surface area (Å²) in [5, 5.41) is 0. The average Bonchev–Trinajstić information content (AvgIpc) is 2.87. The number of morpholine rings is 1. The SMILES string of the molecule is CN(C)C(=O)N1CCC[C@H]1C(=O)N1CCOCC1. The Hall–Kier alpha value is -1.30. The summed E-state index contributed by atoms with van der Waals surface area (Å²) < 4.78 is 5.24. The van der Waals surface area contributed by atoms with Crippen molar-refractivity contribution in [2.24, 2.45) is 0 Å². The smallest absolute Gasteiger partial charge is 0.320 e. The Morgan fingerprint density at radius 1 is 1.17 bits per heavy atom. The second kappa shape index (κ2) is 5.56. The standard InChI is InChI=1S/C12H21N3O3/c1-13(2)12(17)15-5-3-4-10(15)11(16)14-6-8-18-9-7-14/h10H,3-9H2,1-2H3/t10-/m0/s1. The van der Waals surface area contributed by atoms with Crippen molar-refractivity contribution in [2.45, 2.75) is 18.9 Å². The molecular formula is C12H21N3O3. The van der Waals surface area contributed by atoms with Crippen molar-refractivity contribution in [3.05, 3.63) is 0 Å². The first-order chi connectivity index (χ1) is 8.61. The maximum atomic E-state index is 12.4. The second-order valence-electron chi connectivity index (χ2n) is 4.97. The van der Waals surface area contributed by atoms with Gasteiger partial charge in [0.25, 0.3) is 0 Å². The van der Waals surface area contributed by atoms with Gasteiger partial charge < -0.3 is 19.4 Å². The molecule has 2 aliphatic rings. The molecule has 0 unspecified atom stereocenters. The molecule has 2 rings (SSSR count). The molecule has 6 nitrogen and oxygen atoms in total. The number of amides is 3. The van der Waals surface area contributed by atoms with Gasteiger partial charge in [-0.25, -0.2) is 4.79 Å². The fourth-order valence-corrected chi connectivity index (χ4v) is 2.50. The lowest BCUT2D eigenvalue weighted by Gasteiger charge is -2.33. The number of urea groups is 1. The van der Waals surface area contributed by atoms with Gasteiger partial charge in [-0.15, -0.1) is 0 Å². The molecule has 2 heterocycles. The Bertz CT molecular complexity index is 327. The minimum absolute atomic E-state index is 0.0703. The summed E-state index contributed by atoms with van der Waals surface area (Å²) in [6, 6.07) is -0.350. The van der Waals surface area contributed by atoms with Crippen molar-refractivity contribution in [1.82, 2.24) is 14.7 Å². The highest BCUT2D eigenvalue weighted by molar-refractivity contribution is 5.87. The molecule has 0 aromatic rings. The molecule has 18 heavy (non-hydrogen) atoms. The Kier molecular flexibility index (Phi) is 4.06. The van der Waals surface area contributed by atoms with Crippen molar-refractivity contribution in [1.29, 1.82) is 0 Å². The number of carbonyl (C=O) groups excluding carboxylic acids is 2. The zero-order valence-corrected chi connectivity index (χ0v) is 11.1. The molecule has 0 spiro atoms. The van der Waals surface area contributed by atoms with Gasteiger partial charge in [0.1, 0.15) is 6.04 Å². The fourth-order valence-electron chi connectivity index (χ4n) is 2.50. The summed E-state index contributed by atoms with van der Waals surface area (Å²) in [5.41, 5.74) is 0. The van der Waals surface area contributed by atoms with E-state index in [9.17, 15) is 9.59 Å². The molecule has 0 saturated carbocycles. The molecule has 2 aliphatic heterocycles. The normalized spacial score (nSPS) is 24.2. The molecular weight excluding hydrogens is 234 g/mol. The van der Waals surface area contributed by atoms with E-state index in [0.717, 1.165) is 12.8 Å². The van der Waals surface area contributed by atoms with Crippen LogP contribution < -0.4 is 0 Å². The zero-order chi connectivity index (χ0) is 13.1. The molecule has 2 fully saturated rings. The monoisotopic (exact) mass is 255 g/mol. The maximum Gasteiger partial charge on any atom is 0.320 e. The molecule has 1 atom stereocenters. The van der Waals surface area contributed by atoms with E-state index in [1.54, 1.807) is 19.0 Å². The number of rotatable bonds is 1. The Labute approximate surface area is 107 Å². The van der Waals surface area contributed by atoms with Crippen LogP contribution in [0.15, 0.2) is 0 Å². The topological polar surface area (TPSA) is 53.1 Å². The summed E-state index contributed by atoms with van der Waals surface area (Å²) >= 11 is 0. The van der Waals surface area contributed by atoms with Crippen molar-refractivity contribution in [3.63, 3.8) is 0 Å². The van der Waals surface area contributed by atoms with Crippen LogP contribution in [-0.4, -0.2) is 79.6 Å². The lowest BCUT2D eigenvalue weighted by molar-refractivity contribution is -0.139. The van der Waals surface area contributed by atoms with Crippen LogP contribution in [0.25, 0.3) is 0 Å². The molecule has 6 heteroatoms. The lowest BCUT2D eigenvalue weighted by Crippen LogP contribution is -2.52. The van der Waals surface area contributed by atoms with Gasteiger partial charge in [0, 0.05) is 33.7 Å². The lowest BCUT2D eigenvalue weighted by atomic mass is 10.2. The molecule has 0 radical (unpaired) electrons. The van der Waals surface area contributed by atoms with Crippen LogP contribution in [0.5, 0.6) is 0 Å². The van der Waals surface area contributed by atoms with Crippen molar-refractivity contribution < 1.29 is 14.3 Å². The number of hydrogen-bond donors (Lipinski definition) is 0. The molecule has 0 aromatic heterocycles. The third kappa shape index (κ3) is 2.58. The van der Waals surface area contributed by atoms with E-state index in [1.165, 1.54) is 4.90 Å². The predicted molar refractivity (Wildman–Crippen MR) is 66.2 cm³/mol. The first-order valence-corrected chi connectivity index (χ1v) is 6.45. The predicted octanol–water partition coefficient (Wildman–Crippen LogP) is -0.00880. The summed E-state index contributed by atoms with van der Waals surface area (Å²) in [7, 11) is 3.44. The average molecular weight is 255 g/mol. The number of likely N-dealkylation sites (tertiary alicyclic amines) is 1. The first kappa shape index (κ1) is 13.1. The van der Waals surface area contributed by atoms with Crippen LogP contribution in [0.3, 0.4) is 0 Å². The van der Waals surface area contributed by atoms with Crippen LogP contribution in [0, 0.1) is 0 Å². The van der Waals surface area contributed by atoms with Gasteiger partial charge in [0.05, 0.1) is 13.2 Å². The van der Waals surface area contributed by atoms with E-state index in [4.69, 9.17) is 4.74 Å². The van der Waals surface area contributed by atoms with Crippen LogP contribution in [-0.2, 0) is 9.53 Å². The second-order valence-corrected chi connectivity index (χ2v) is 4.97. The molecule has 3 amide bonds. The van der Waals surface area contributed by atoms with E-state index < -0.39 is 0 Å². The van der Waals surface area contributed by atoms with Crippen molar-refractivity contribution in [2.75, 3.05) is 46.9 Å². The summed E-state index contributed by atoms with van der Waals surface area (Å²) in [4.78, 5) is 29.4. The quantitative estimate of drug-likeness (QED) is 0.662. The van der Waals surface area contributed by atoms with Crippen LogP contribution >= 0.6 is 0 Å². The van der Waals surface area contributed by atoms with Crippen molar-refractivity contribution >= 4 is 11.9 Å². The van der Waals surface area contributed by atoms with Gasteiger partial charge in [-0.1, -0.05) is 0 Å². The van der Waals surface area contributed by atoms with Gasteiger partial charge in [0.2, 0.25) is 5.91 Å². The largest absolute Gasteiger partial charge is 0.378 e. The Morgan fingerprint density at radius 3 is 2.44 bits per heavy atom. The number of ether oxygens (including phenoxy) is 1. The summed E-state index contributed by atoms with van der Waals surface area (Å²) in [6.45, 7) is 3.15. The van der Waals surface area contributed by atoms with E-state index >= 15 is 0 Å². The highest BCUT2D eigenvalue weighted by atomic mass is 16.5. The van der Waals surface area contributed by atoms with Crippen LogP contribution in [0.2, 0.25) is 0 Å². The zero-order valence-electron chi connectivity index (χ0n) is 11.1. The summed E-state index contributed by atoms with van der Waals surface area (Å²) in [6.07, 6.45) is 1.68. The van der Waals surface area contributed by atoms with Crippen LogP contribution in [0.1, 0.15) is 12.8 Å². The van der Waals surface area contributed by atoms with E-state index in [2.05, 4.69) is 0 Å². The number of hydrogen-bond acceptors (Lipinski definition) is 3. The molecule has 0 N–H and O–H groups in total. The van der Waals surface area contributed by atoms with E-state index in [-0.39, 0.29) is 18.0 Å². The number of carbonyl (C=O) groups is 2. The van der Waals surface area contributed by atoms with Gasteiger partial charge >= 0.3 is 6.03 Å². The third-order valence-electron chi connectivity index (χ3n) is 3.49. The molecule has 0 bridgehead atoms. The van der Waals surface area contributed by atoms with Gasteiger partial charge in [-0.05, 0) is 12.8 Å². The molecule has 2 saturated heterocycles. The van der Waals surface area contributed by atoms with Gasteiger partial charge in [0.15, 0.2) is 0 Å². The first-order valence-electron chi connectivity index (χ1n) is 6.45. The summed E-state index contributed by atoms with van der Waals surface area (Å²) in [5.74, 6) is 0.0750. The van der Waals surface area contributed by atoms with Gasteiger partial charge in [-0.3, -0.25) is 4.79 Å². The van der Waals surface area contributed by atoms with Gasteiger partial charge in [-0.2, -0.15) is 0 Å². The van der Waals surface area contributed by atoms with E-state index in [0.29, 0.717) is 32.8 Å². The Balaban J connectivity index is 2.01. The highest BCUT2D eigenvalue weighted by Gasteiger charge is 2.37. The maximum absolute atomic E-state index is 12.4. The molecule has 0 aliphatic carbocycles. The molecule has 102 valence electrons. The van der Waals surface area contributed by atoms with E-state index in [1.807, 2.05) is 4.90 Å². The van der Waals surface area contributed by atoms with Crippen LogP contribution in [0.4, 0.5) is 4.79 Å². The Morgan fingerprint density at radius 2 is 1.83 bits per heavy atom.